The molecule has 8 nitrogen and oxygen atoms in total. The second kappa shape index (κ2) is 6.32. The largest absolute Gasteiger partial charge is 0.465 e. The predicted molar refractivity (Wildman–Crippen MR) is 91.8 cm³/mol. The van der Waals surface area contributed by atoms with Crippen molar-refractivity contribution in [3.8, 4) is 11.4 Å². The van der Waals surface area contributed by atoms with E-state index in [2.05, 4.69) is 10.1 Å². The number of nitrogens with zero attached hydrogens (tertiary/aromatic N) is 4. The molecule has 0 radical (unpaired) electrons. The van der Waals surface area contributed by atoms with Crippen molar-refractivity contribution in [3.05, 3.63) is 76.7 Å². The molecule has 4 aromatic rings. The summed E-state index contributed by atoms with van der Waals surface area (Å²) in [6.07, 6.45) is 3.52. The van der Waals surface area contributed by atoms with Gasteiger partial charge in [-0.3, -0.25) is 9.09 Å². The summed E-state index contributed by atoms with van der Waals surface area (Å²) in [5.41, 5.74) is 2.16. The minimum absolute atomic E-state index is 0.162. The van der Waals surface area contributed by atoms with Gasteiger partial charge >= 0.3 is 11.7 Å². The molecule has 4 rings (SSSR count). The highest BCUT2D eigenvalue weighted by atomic mass is 16.5. The van der Waals surface area contributed by atoms with E-state index in [4.69, 9.17) is 9.26 Å². The molecule has 26 heavy (non-hydrogen) atoms. The van der Waals surface area contributed by atoms with Crippen LogP contribution in [-0.2, 0) is 11.3 Å². The third-order valence-electron chi connectivity index (χ3n) is 3.98. The number of benzene rings is 1. The summed E-state index contributed by atoms with van der Waals surface area (Å²) >= 11 is 0. The molecule has 0 fully saturated rings. The summed E-state index contributed by atoms with van der Waals surface area (Å²) in [4.78, 5) is 28.4. The molecule has 8 heteroatoms. The van der Waals surface area contributed by atoms with Crippen molar-refractivity contribution >= 4 is 11.6 Å². The van der Waals surface area contributed by atoms with E-state index < -0.39 is 11.7 Å². The molecule has 0 aliphatic rings. The summed E-state index contributed by atoms with van der Waals surface area (Å²) < 4.78 is 12.7. The Bertz CT molecular complexity index is 1140. The number of esters is 1. The molecule has 0 amide bonds. The highest BCUT2D eigenvalue weighted by Gasteiger charge is 2.17. The lowest BCUT2D eigenvalue weighted by Crippen LogP contribution is -2.16. The van der Waals surface area contributed by atoms with Gasteiger partial charge in [-0.05, 0) is 12.1 Å². The normalized spacial score (nSPS) is 11.0. The van der Waals surface area contributed by atoms with Crippen LogP contribution >= 0.6 is 0 Å². The Hall–Kier alpha value is -3.68. The van der Waals surface area contributed by atoms with Gasteiger partial charge in [0.1, 0.15) is 5.56 Å². The average Bonchev–Trinajstić information content (AvgIpc) is 3.25. The van der Waals surface area contributed by atoms with E-state index >= 15 is 0 Å². The molecule has 0 aliphatic carbocycles. The van der Waals surface area contributed by atoms with Gasteiger partial charge < -0.3 is 9.14 Å². The highest BCUT2D eigenvalue weighted by molar-refractivity contribution is 5.95. The minimum Gasteiger partial charge on any atom is -0.465 e. The molecule has 0 spiro atoms. The van der Waals surface area contributed by atoms with E-state index in [0.717, 1.165) is 5.56 Å². The van der Waals surface area contributed by atoms with Gasteiger partial charge in [0.25, 0.3) is 0 Å². The van der Waals surface area contributed by atoms with Crippen LogP contribution in [0.25, 0.3) is 17.0 Å². The maximum absolute atomic E-state index is 12.1. The third-order valence-corrected chi connectivity index (χ3v) is 3.98. The van der Waals surface area contributed by atoms with Crippen LogP contribution in [0.3, 0.4) is 0 Å². The van der Waals surface area contributed by atoms with Crippen LogP contribution in [0, 0.1) is 0 Å². The second-order valence-electron chi connectivity index (χ2n) is 5.60. The van der Waals surface area contributed by atoms with Crippen molar-refractivity contribution in [2.24, 2.45) is 0 Å². The molecule has 0 bridgehead atoms. The number of aromatic nitrogens is 4. The van der Waals surface area contributed by atoms with Crippen molar-refractivity contribution in [2.75, 3.05) is 7.11 Å². The van der Waals surface area contributed by atoms with Crippen molar-refractivity contribution in [3.63, 3.8) is 0 Å². The first-order valence-electron chi connectivity index (χ1n) is 7.84. The van der Waals surface area contributed by atoms with Crippen LogP contribution in [0.15, 0.2) is 64.2 Å². The molecular weight excluding hydrogens is 336 g/mol. The number of carbonyl (C=O) groups is 1. The van der Waals surface area contributed by atoms with E-state index in [1.165, 1.54) is 11.7 Å². The zero-order chi connectivity index (χ0) is 18.1. The Balaban J connectivity index is 1.76. The second-order valence-corrected chi connectivity index (χ2v) is 5.60. The van der Waals surface area contributed by atoms with E-state index in [0.29, 0.717) is 22.7 Å². The Morgan fingerprint density at radius 3 is 2.77 bits per heavy atom. The molecule has 0 atom stereocenters. The van der Waals surface area contributed by atoms with Gasteiger partial charge in [-0.25, -0.2) is 14.6 Å². The van der Waals surface area contributed by atoms with Crippen LogP contribution in [0.2, 0.25) is 0 Å². The van der Waals surface area contributed by atoms with Crippen molar-refractivity contribution in [1.29, 1.82) is 0 Å². The molecule has 1 aromatic carbocycles. The predicted octanol–water partition coefficient (Wildman–Crippen LogP) is 1.99. The molecule has 0 unspecified atom stereocenters. The Morgan fingerprint density at radius 2 is 2.00 bits per heavy atom. The number of hydrogen-bond donors (Lipinski definition) is 0. The average molecular weight is 350 g/mol. The fourth-order valence-corrected chi connectivity index (χ4v) is 2.77. The quantitative estimate of drug-likeness (QED) is 0.523. The summed E-state index contributed by atoms with van der Waals surface area (Å²) in [5.74, 6) is -0.630. The standard InChI is InChI=1S/C18H14N4O4/c1-25-17(23)14-8-5-9-21-10-13(19-16(14)21)11-22-15(20-26-18(22)24)12-6-3-2-4-7-12/h2-10H,11H2,1H3. The van der Waals surface area contributed by atoms with Crippen LogP contribution in [0.1, 0.15) is 16.1 Å². The smallest absolute Gasteiger partial charge is 0.442 e. The summed E-state index contributed by atoms with van der Waals surface area (Å²) in [6, 6.07) is 12.6. The molecule has 130 valence electrons. The van der Waals surface area contributed by atoms with Gasteiger partial charge in [0.05, 0.1) is 19.3 Å². The number of carbonyl (C=O) groups excluding carboxylic acids is 1. The molecule has 3 aromatic heterocycles. The van der Waals surface area contributed by atoms with Gasteiger partial charge in [0, 0.05) is 18.0 Å². The lowest BCUT2D eigenvalue weighted by molar-refractivity contribution is 0.0602. The minimum atomic E-state index is -0.575. The van der Waals surface area contributed by atoms with Gasteiger partial charge in [0.15, 0.2) is 11.5 Å². The van der Waals surface area contributed by atoms with Crippen molar-refractivity contribution < 1.29 is 14.1 Å². The Labute approximate surface area is 147 Å². The van der Waals surface area contributed by atoms with Crippen LogP contribution in [0.5, 0.6) is 0 Å². The van der Waals surface area contributed by atoms with Gasteiger partial charge in [-0.15, -0.1) is 0 Å². The molecule has 3 heterocycles. The van der Waals surface area contributed by atoms with E-state index in [-0.39, 0.29) is 6.54 Å². The van der Waals surface area contributed by atoms with Gasteiger partial charge in [-0.1, -0.05) is 35.5 Å². The molecule has 0 saturated carbocycles. The monoisotopic (exact) mass is 350 g/mol. The topological polar surface area (TPSA) is 91.6 Å². The maximum Gasteiger partial charge on any atom is 0.442 e. The van der Waals surface area contributed by atoms with Crippen LogP contribution in [0.4, 0.5) is 0 Å². The SMILES string of the molecule is COC(=O)c1cccn2cc(Cn3c(-c4ccccc4)noc3=O)nc12. The number of fused-ring (bicyclic) bond motifs is 1. The zero-order valence-corrected chi connectivity index (χ0v) is 13.8. The fourth-order valence-electron chi connectivity index (χ4n) is 2.77. The first kappa shape index (κ1) is 15.8. The maximum atomic E-state index is 12.1. The first-order chi connectivity index (χ1) is 12.7. The summed E-state index contributed by atoms with van der Waals surface area (Å²) in [6.45, 7) is 0.162. The highest BCUT2D eigenvalue weighted by Crippen LogP contribution is 2.17. The van der Waals surface area contributed by atoms with E-state index in [9.17, 15) is 9.59 Å². The van der Waals surface area contributed by atoms with Gasteiger partial charge in [0.2, 0.25) is 0 Å². The first-order valence-corrected chi connectivity index (χ1v) is 7.84. The number of pyridine rings is 1. The number of methoxy groups -OCH3 is 1. The van der Waals surface area contributed by atoms with Crippen molar-refractivity contribution in [1.82, 2.24) is 19.1 Å². The lowest BCUT2D eigenvalue weighted by Gasteiger charge is -2.02. The third kappa shape index (κ3) is 2.67. The van der Waals surface area contributed by atoms with Crippen molar-refractivity contribution in [2.45, 2.75) is 6.54 Å². The van der Waals surface area contributed by atoms with Gasteiger partial charge in [-0.2, -0.15) is 0 Å². The molecule has 0 aliphatic heterocycles. The summed E-state index contributed by atoms with van der Waals surface area (Å²) in [7, 11) is 1.32. The zero-order valence-electron chi connectivity index (χ0n) is 13.8. The number of ether oxygens (including phenoxy) is 1. The molecular formula is C18H14N4O4. The Kier molecular flexibility index (Phi) is 3.85. The fraction of sp³-hybridized carbons (Fsp3) is 0.111. The van der Waals surface area contributed by atoms with Crippen LogP contribution < -0.4 is 5.76 Å². The van der Waals surface area contributed by atoms with E-state index in [1.54, 1.807) is 28.9 Å². The van der Waals surface area contributed by atoms with Crippen LogP contribution in [-0.4, -0.2) is 32.2 Å². The molecule has 0 saturated heterocycles. The lowest BCUT2D eigenvalue weighted by atomic mass is 10.2. The number of hydrogen-bond acceptors (Lipinski definition) is 6. The van der Waals surface area contributed by atoms with E-state index in [1.807, 2.05) is 30.3 Å². The summed E-state index contributed by atoms with van der Waals surface area (Å²) in [5, 5.41) is 3.86. The number of rotatable bonds is 4. The Morgan fingerprint density at radius 1 is 1.19 bits per heavy atom. The number of imidazole rings is 1. The molecule has 0 N–H and O–H groups in total.